The van der Waals surface area contributed by atoms with E-state index in [0.29, 0.717) is 0 Å². The van der Waals surface area contributed by atoms with Crippen molar-refractivity contribution in [1.29, 1.82) is 0 Å². The van der Waals surface area contributed by atoms with Crippen LogP contribution in [-0.2, 0) is 28.5 Å². The molecule has 1 aliphatic carbocycles. The molecule has 3 rings (SSSR count). The molecule has 0 aromatic heterocycles. The van der Waals surface area contributed by atoms with Crippen LogP contribution in [0.15, 0.2) is 30.3 Å². The van der Waals surface area contributed by atoms with Crippen molar-refractivity contribution in [3.8, 4) is 0 Å². The molecule has 140 valence electrons. The molecule has 0 amide bonds. The second-order valence-corrected chi connectivity index (χ2v) is 6.10. The fourth-order valence-corrected chi connectivity index (χ4v) is 3.14. The summed E-state index contributed by atoms with van der Waals surface area (Å²) in [5.41, 5.74) is -2.01. The van der Waals surface area contributed by atoms with Gasteiger partial charge in [0, 0.05) is 13.8 Å². The number of hydrogen-bond donors (Lipinski definition) is 0. The number of rotatable bonds is 5. The molecule has 9 heteroatoms. The van der Waals surface area contributed by atoms with Crippen molar-refractivity contribution in [3.63, 3.8) is 0 Å². The van der Waals surface area contributed by atoms with Gasteiger partial charge >= 0.3 is 17.9 Å². The zero-order valence-corrected chi connectivity index (χ0v) is 13.9. The van der Waals surface area contributed by atoms with Gasteiger partial charge in [-0.3, -0.25) is 9.59 Å². The molecule has 7 nitrogen and oxygen atoms in total. The summed E-state index contributed by atoms with van der Waals surface area (Å²) < 4.78 is 48.5. The minimum absolute atomic E-state index is 0.190. The van der Waals surface area contributed by atoms with Crippen LogP contribution in [0.4, 0.5) is 8.78 Å². The first kappa shape index (κ1) is 18.2. The van der Waals surface area contributed by atoms with Crippen molar-refractivity contribution in [2.75, 3.05) is 6.61 Å². The predicted octanol–water partition coefficient (Wildman–Crippen LogP) is 1.70. The molecule has 1 heterocycles. The Morgan fingerprint density at radius 2 is 1.69 bits per heavy atom. The summed E-state index contributed by atoms with van der Waals surface area (Å²) in [6, 6.07) is 7.84. The van der Waals surface area contributed by atoms with Gasteiger partial charge in [-0.1, -0.05) is 18.2 Å². The zero-order chi connectivity index (χ0) is 19.1. The molecule has 0 N–H and O–H groups in total. The molecule has 1 aromatic carbocycles. The fraction of sp³-hybridized carbons (Fsp3) is 0.471. The van der Waals surface area contributed by atoms with Crippen LogP contribution in [0.1, 0.15) is 24.2 Å². The summed E-state index contributed by atoms with van der Waals surface area (Å²) in [5, 5.41) is 0. The lowest BCUT2D eigenvalue weighted by molar-refractivity contribution is -0.230. The molecule has 1 aromatic rings. The Balaban J connectivity index is 1.75. The number of esters is 3. The van der Waals surface area contributed by atoms with E-state index >= 15 is 0 Å². The van der Waals surface area contributed by atoms with Gasteiger partial charge in [-0.15, -0.1) is 0 Å². The van der Waals surface area contributed by atoms with Crippen molar-refractivity contribution >= 4 is 17.9 Å². The van der Waals surface area contributed by atoms with Crippen molar-refractivity contribution < 1.29 is 42.1 Å². The Morgan fingerprint density at radius 3 is 2.27 bits per heavy atom. The Bertz CT molecular complexity index is 736. The highest BCUT2D eigenvalue weighted by Crippen LogP contribution is 2.68. The number of carbonyl (C=O) groups excluding carboxylic acids is 3. The second kappa shape index (κ2) is 6.31. The van der Waals surface area contributed by atoms with Gasteiger partial charge in [0.2, 0.25) is 6.29 Å². The minimum atomic E-state index is -3.40. The number of hydrogen-bond acceptors (Lipinski definition) is 7. The van der Waals surface area contributed by atoms with Gasteiger partial charge in [0.25, 0.3) is 5.92 Å². The molecule has 0 spiro atoms. The van der Waals surface area contributed by atoms with E-state index in [1.807, 2.05) is 0 Å². The van der Waals surface area contributed by atoms with E-state index in [1.54, 1.807) is 18.2 Å². The summed E-state index contributed by atoms with van der Waals surface area (Å²) >= 11 is 0. The molecule has 2 aliphatic rings. The maximum Gasteiger partial charge on any atom is 0.338 e. The number of carbonyl (C=O) groups is 3. The van der Waals surface area contributed by atoms with Crippen LogP contribution in [0, 0.1) is 5.92 Å². The van der Waals surface area contributed by atoms with Crippen LogP contribution in [0.3, 0.4) is 0 Å². The SMILES string of the molecule is CC(=O)OC1O[C@@]2(COC(=O)c3ccccc3)[C@@H]([C@H]1OC(C)=O)C2(F)F. The second-order valence-electron chi connectivity index (χ2n) is 6.10. The number of ether oxygens (including phenoxy) is 4. The molecular formula is C17H16F2O7. The summed E-state index contributed by atoms with van der Waals surface area (Å²) in [6.07, 6.45) is -2.97. The number of benzene rings is 1. The third kappa shape index (κ3) is 2.92. The third-order valence-corrected chi connectivity index (χ3v) is 4.31. The topological polar surface area (TPSA) is 88.1 Å². The molecule has 1 saturated carbocycles. The lowest BCUT2D eigenvalue weighted by Gasteiger charge is -2.24. The largest absolute Gasteiger partial charge is 0.459 e. The minimum Gasteiger partial charge on any atom is -0.459 e. The van der Waals surface area contributed by atoms with Crippen LogP contribution < -0.4 is 0 Å². The van der Waals surface area contributed by atoms with E-state index in [0.717, 1.165) is 13.8 Å². The lowest BCUT2D eigenvalue weighted by atomic mass is 10.2. The van der Waals surface area contributed by atoms with E-state index in [-0.39, 0.29) is 5.56 Å². The standard InChI is InChI=1S/C17H16F2O7/c1-9(20)24-12-13-16(17(13,18)19,26-15(12)25-10(2)21)8-23-14(22)11-6-4-3-5-7-11/h3-7,12-13,15H,8H2,1-2H3/t12-,13-,15?,16+/m1/s1. The molecule has 26 heavy (non-hydrogen) atoms. The molecule has 1 saturated heterocycles. The predicted molar refractivity (Wildman–Crippen MR) is 80.1 cm³/mol. The van der Waals surface area contributed by atoms with Gasteiger partial charge in [-0.25, -0.2) is 13.6 Å². The van der Waals surface area contributed by atoms with Gasteiger partial charge in [0.05, 0.1) is 5.56 Å². The van der Waals surface area contributed by atoms with Crippen molar-refractivity contribution in [1.82, 2.24) is 0 Å². The Kier molecular flexibility index (Phi) is 4.43. The Hall–Kier alpha value is -2.55. The third-order valence-electron chi connectivity index (χ3n) is 4.31. The van der Waals surface area contributed by atoms with Gasteiger partial charge < -0.3 is 18.9 Å². The lowest BCUT2D eigenvalue weighted by Crippen LogP contribution is -2.39. The smallest absolute Gasteiger partial charge is 0.338 e. The van der Waals surface area contributed by atoms with Crippen LogP contribution in [0.5, 0.6) is 0 Å². The molecule has 1 aliphatic heterocycles. The van der Waals surface area contributed by atoms with E-state index in [4.69, 9.17) is 18.9 Å². The maximum atomic E-state index is 14.3. The first-order valence-electron chi connectivity index (χ1n) is 7.81. The highest BCUT2D eigenvalue weighted by molar-refractivity contribution is 5.89. The molecule has 2 fully saturated rings. The van der Waals surface area contributed by atoms with E-state index < -0.39 is 54.4 Å². The number of halogens is 2. The van der Waals surface area contributed by atoms with Gasteiger partial charge in [0.1, 0.15) is 12.5 Å². The Morgan fingerprint density at radius 1 is 1.08 bits per heavy atom. The van der Waals surface area contributed by atoms with E-state index in [1.165, 1.54) is 12.1 Å². The summed E-state index contributed by atoms with van der Waals surface area (Å²) in [6.45, 7) is 1.34. The average molecular weight is 370 g/mol. The maximum absolute atomic E-state index is 14.3. The zero-order valence-electron chi connectivity index (χ0n) is 13.9. The molecule has 4 atom stereocenters. The summed E-state index contributed by atoms with van der Waals surface area (Å²) in [7, 11) is 0. The normalized spacial score (nSPS) is 30.8. The molecular weight excluding hydrogens is 354 g/mol. The number of alkyl halides is 2. The number of fused-ring (bicyclic) bond motifs is 1. The highest BCUT2D eigenvalue weighted by atomic mass is 19.3. The van der Waals surface area contributed by atoms with Crippen LogP contribution >= 0.6 is 0 Å². The Labute approximate surface area is 147 Å². The van der Waals surface area contributed by atoms with Crippen molar-refractivity contribution in [3.05, 3.63) is 35.9 Å². The van der Waals surface area contributed by atoms with E-state index in [9.17, 15) is 23.2 Å². The highest BCUT2D eigenvalue weighted by Gasteiger charge is 2.91. The first-order chi connectivity index (χ1) is 12.2. The first-order valence-corrected chi connectivity index (χ1v) is 7.81. The molecule has 0 radical (unpaired) electrons. The fourth-order valence-electron chi connectivity index (χ4n) is 3.14. The van der Waals surface area contributed by atoms with Gasteiger partial charge in [0.15, 0.2) is 11.7 Å². The molecule has 1 unspecified atom stereocenters. The molecule has 0 bridgehead atoms. The van der Waals surface area contributed by atoms with Crippen LogP contribution in [0.25, 0.3) is 0 Å². The quantitative estimate of drug-likeness (QED) is 0.576. The average Bonchev–Trinajstić information content (AvgIpc) is 2.86. The summed E-state index contributed by atoms with van der Waals surface area (Å²) in [4.78, 5) is 34.4. The monoisotopic (exact) mass is 370 g/mol. The van der Waals surface area contributed by atoms with Crippen molar-refractivity contribution in [2.24, 2.45) is 5.92 Å². The van der Waals surface area contributed by atoms with Gasteiger partial charge in [-0.05, 0) is 12.1 Å². The van der Waals surface area contributed by atoms with Gasteiger partial charge in [-0.2, -0.15) is 0 Å². The van der Waals surface area contributed by atoms with Crippen molar-refractivity contribution in [2.45, 2.75) is 37.8 Å². The summed E-state index contributed by atoms with van der Waals surface area (Å²) in [5.74, 6) is -7.39. The van der Waals surface area contributed by atoms with Crippen LogP contribution in [0.2, 0.25) is 0 Å². The van der Waals surface area contributed by atoms with E-state index in [2.05, 4.69) is 0 Å². The van der Waals surface area contributed by atoms with Crippen LogP contribution in [-0.4, -0.2) is 48.4 Å².